The van der Waals surface area contributed by atoms with E-state index in [1.54, 1.807) is 37.4 Å². The van der Waals surface area contributed by atoms with Crippen LogP contribution in [0.2, 0.25) is 0 Å². The van der Waals surface area contributed by atoms with E-state index >= 15 is 0 Å². The number of halogens is 1. The number of carbonyl (C=O) groups excluding carboxylic acids is 3. The van der Waals surface area contributed by atoms with Gasteiger partial charge in [0.05, 0.1) is 11.1 Å². The monoisotopic (exact) mass is 372 g/mol. The molecule has 5 nitrogen and oxygen atoms in total. The SMILES string of the molecule is CN(C(=O)CN1C(=O)c2ccc(Br)cc2C1=O)c1ccccc1. The van der Waals surface area contributed by atoms with Gasteiger partial charge in [-0.2, -0.15) is 0 Å². The minimum absolute atomic E-state index is 0.282. The molecule has 0 fully saturated rings. The molecule has 2 aromatic rings. The van der Waals surface area contributed by atoms with E-state index in [4.69, 9.17) is 0 Å². The molecule has 0 spiro atoms. The molecule has 3 rings (SSSR count). The number of para-hydroxylation sites is 1. The van der Waals surface area contributed by atoms with Crippen molar-refractivity contribution in [3.8, 4) is 0 Å². The third-order valence-electron chi connectivity index (χ3n) is 3.74. The molecular weight excluding hydrogens is 360 g/mol. The van der Waals surface area contributed by atoms with Crippen LogP contribution in [0, 0.1) is 0 Å². The largest absolute Gasteiger partial charge is 0.314 e. The number of rotatable bonds is 3. The van der Waals surface area contributed by atoms with Gasteiger partial charge in [-0.1, -0.05) is 34.1 Å². The van der Waals surface area contributed by atoms with Crippen molar-refractivity contribution >= 4 is 39.3 Å². The Morgan fingerprint density at radius 1 is 1.04 bits per heavy atom. The molecular formula is C17H13BrN2O3. The lowest BCUT2D eigenvalue weighted by molar-refractivity contribution is -0.118. The Morgan fingerprint density at radius 2 is 1.70 bits per heavy atom. The van der Waals surface area contributed by atoms with Crippen molar-refractivity contribution in [3.63, 3.8) is 0 Å². The summed E-state index contributed by atoms with van der Waals surface area (Å²) in [7, 11) is 1.62. The Balaban J connectivity index is 1.80. The van der Waals surface area contributed by atoms with Crippen molar-refractivity contribution in [1.29, 1.82) is 0 Å². The fraction of sp³-hybridized carbons (Fsp3) is 0.118. The van der Waals surface area contributed by atoms with Gasteiger partial charge >= 0.3 is 0 Å². The Bertz CT molecular complexity index is 805. The van der Waals surface area contributed by atoms with Crippen molar-refractivity contribution < 1.29 is 14.4 Å². The molecule has 0 radical (unpaired) electrons. The number of nitrogens with zero attached hydrogens (tertiary/aromatic N) is 2. The molecule has 23 heavy (non-hydrogen) atoms. The van der Waals surface area contributed by atoms with Crippen LogP contribution < -0.4 is 4.90 Å². The Hall–Kier alpha value is -2.47. The van der Waals surface area contributed by atoms with Crippen molar-refractivity contribution in [3.05, 3.63) is 64.1 Å². The molecule has 1 aliphatic heterocycles. The van der Waals surface area contributed by atoms with E-state index < -0.39 is 11.8 Å². The standard InChI is InChI=1S/C17H13BrN2O3/c1-19(12-5-3-2-4-6-12)15(21)10-20-16(22)13-8-7-11(18)9-14(13)17(20)23/h2-9H,10H2,1H3. The summed E-state index contributed by atoms with van der Waals surface area (Å²) in [5.41, 5.74) is 1.35. The molecule has 3 amide bonds. The zero-order chi connectivity index (χ0) is 16.6. The van der Waals surface area contributed by atoms with Gasteiger partial charge in [0.15, 0.2) is 0 Å². The second kappa shape index (κ2) is 5.96. The molecule has 0 unspecified atom stereocenters. The summed E-state index contributed by atoms with van der Waals surface area (Å²) >= 11 is 3.28. The lowest BCUT2D eigenvalue weighted by Crippen LogP contribution is -2.41. The van der Waals surface area contributed by atoms with Gasteiger partial charge in [-0.25, -0.2) is 0 Å². The minimum atomic E-state index is -0.443. The maximum atomic E-state index is 12.4. The highest BCUT2D eigenvalue weighted by molar-refractivity contribution is 9.10. The zero-order valence-electron chi connectivity index (χ0n) is 12.3. The second-order valence-corrected chi connectivity index (χ2v) is 6.09. The predicted molar refractivity (Wildman–Crippen MR) is 89.4 cm³/mol. The second-order valence-electron chi connectivity index (χ2n) is 5.17. The van der Waals surface area contributed by atoms with Gasteiger partial charge in [-0.05, 0) is 30.3 Å². The van der Waals surface area contributed by atoms with E-state index in [1.807, 2.05) is 18.2 Å². The smallest absolute Gasteiger partial charge is 0.262 e. The van der Waals surface area contributed by atoms with E-state index in [0.717, 1.165) is 4.90 Å². The molecule has 2 aromatic carbocycles. The van der Waals surface area contributed by atoms with Crippen LogP contribution in [-0.4, -0.2) is 36.2 Å². The van der Waals surface area contributed by atoms with Crippen molar-refractivity contribution in [1.82, 2.24) is 4.90 Å². The van der Waals surface area contributed by atoms with E-state index in [1.165, 1.54) is 4.90 Å². The van der Waals surface area contributed by atoms with Crippen molar-refractivity contribution in [2.45, 2.75) is 0 Å². The van der Waals surface area contributed by atoms with Crippen LogP contribution in [0.3, 0.4) is 0 Å². The van der Waals surface area contributed by atoms with E-state index in [9.17, 15) is 14.4 Å². The number of carbonyl (C=O) groups is 3. The molecule has 0 saturated heterocycles. The number of hydrogen-bond acceptors (Lipinski definition) is 3. The molecule has 0 N–H and O–H groups in total. The third-order valence-corrected chi connectivity index (χ3v) is 4.24. The van der Waals surface area contributed by atoms with E-state index in [2.05, 4.69) is 15.9 Å². The Kier molecular flexibility index (Phi) is 4.00. The molecule has 0 bridgehead atoms. The lowest BCUT2D eigenvalue weighted by Gasteiger charge is -2.20. The summed E-state index contributed by atoms with van der Waals surface area (Å²) in [6.45, 7) is -0.282. The molecule has 116 valence electrons. The highest BCUT2D eigenvalue weighted by atomic mass is 79.9. The normalized spacial score (nSPS) is 13.2. The van der Waals surface area contributed by atoms with E-state index in [0.29, 0.717) is 21.3 Å². The molecule has 1 heterocycles. The minimum Gasteiger partial charge on any atom is -0.314 e. The topological polar surface area (TPSA) is 57.7 Å². The van der Waals surface area contributed by atoms with Gasteiger partial charge in [-0.15, -0.1) is 0 Å². The number of fused-ring (bicyclic) bond motifs is 1. The van der Waals surface area contributed by atoms with Gasteiger partial charge in [0, 0.05) is 17.2 Å². The molecule has 0 aromatic heterocycles. The fourth-order valence-corrected chi connectivity index (χ4v) is 2.80. The summed E-state index contributed by atoms with van der Waals surface area (Å²) < 4.78 is 0.715. The first kappa shape index (κ1) is 15.4. The summed E-state index contributed by atoms with van der Waals surface area (Å²) in [6, 6.07) is 14.0. The quantitative estimate of drug-likeness (QED) is 0.778. The third kappa shape index (κ3) is 2.77. The summed E-state index contributed by atoms with van der Waals surface area (Å²) in [5.74, 6) is -1.21. The van der Waals surface area contributed by atoms with Crippen LogP contribution in [0.4, 0.5) is 5.69 Å². The molecule has 6 heteroatoms. The first-order valence-electron chi connectivity index (χ1n) is 6.96. The van der Waals surface area contributed by atoms with Crippen LogP contribution in [0.15, 0.2) is 53.0 Å². The summed E-state index contributed by atoms with van der Waals surface area (Å²) in [6.07, 6.45) is 0. The van der Waals surface area contributed by atoms with Gasteiger partial charge in [-0.3, -0.25) is 19.3 Å². The van der Waals surface area contributed by atoms with Crippen LogP contribution in [0.5, 0.6) is 0 Å². The molecule has 0 atom stereocenters. The summed E-state index contributed by atoms with van der Waals surface area (Å²) in [4.78, 5) is 39.5. The van der Waals surface area contributed by atoms with Crippen LogP contribution in [0.1, 0.15) is 20.7 Å². The average molecular weight is 373 g/mol. The Morgan fingerprint density at radius 3 is 2.39 bits per heavy atom. The van der Waals surface area contributed by atoms with Crippen molar-refractivity contribution in [2.24, 2.45) is 0 Å². The van der Waals surface area contributed by atoms with Gasteiger partial charge in [0.2, 0.25) is 5.91 Å². The first-order valence-corrected chi connectivity index (χ1v) is 7.75. The summed E-state index contributed by atoms with van der Waals surface area (Å²) in [5, 5.41) is 0. The van der Waals surface area contributed by atoms with Crippen molar-refractivity contribution in [2.75, 3.05) is 18.5 Å². The number of benzene rings is 2. The maximum Gasteiger partial charge on any atom is 0.262 e. The number of hydrogen-bond donors (Lipinski definition) is 0. The molecule has 0 aliphatic carbocycles. The zero-order valence-corrected chi connectivity index (χ0v) is 13.9. The fourth-order valence-electron chi connectivity index (χ4n) is 2.44. The highest BCUT2D eigenvalue weighted by Gasteiger charge is 2.37. The Labute approximate surface area is 141 Å². The highest BCUT2D eigenvalue weighted by Crippen LogP contribution is 2.26. The number of amides is 3. The maximum absolute atomic E-state index is 12.4. The van der Waals surface area contributed by atoms with Gasteiger partial charge in [0.1, 0.15) is 6.54 Å². The van der Waals surface area contributed by atoms with Crippen LogP contribution in [-0.2, 0) is 4.79 Å². The van der Waals surface area contributed by atoms with Gasteiger partial charge in [0.25, 0.3) is 11.8 Å². The molecule has 0 saturated carbocycles. The van der Waals surface area contributed by atoms with Crippen LogP contribution >= 0.6 is 15.9 Å². The average Bonchev–Trinajstić information content (AvgIpc) is 2.79. The molecule has 1 aliphatic rings. The van der Waals surface area contributed by atoms with E-state index in [-0.39, 0.29) is 12.5 Å². The van der Waals surface area contributed by atoms with Crippen LogP contribution in [0.25, 0.3) is 0 Å². The van der Waals surface area contributed by atoms with Gasteiger partial charge < -0.3 is 4.90 Å². The number of anilines is 1. The first-order chi connectivity index (χ1) is 11.0. The predicted octanol–water partition coefficient (Wildman–Crippen LogP) is 2.71. The number of imide groups is 1. The number of likely N-dealkylation sites (N-methyl/N-ethyl adjacent to an activating group) is 1. The lowest BCUT2D eigenvalue weighted by atomic mass is 10.1.